The number of carbonyl (C=O) groups excluding carboxylic acids is 1. The number of hydrogen-bond donors (Lipinski definition) is 0. The largest absolute Gasteiger partial charge is 0.446 e. The smallest absolute Gasteiger partial charge is 0.409 e. The Bertz CT molecular complexity index is 118. The number of amides is 1. The van der Waals surface area contributed by atoms with Crippen molar-refractivity contribution in [3.63, 3.8) is 0 Å². The average molecular weight is 128 g/mol. The van der Waals surface area contributed by atoms with Crippen LogP contribution in [-0.2, 0) is 4.74 Å². The summed E-state index contributed by atoms with van der Waals surface area (Å²) in [5, 5.41) is 0. The van der Waals surface area contributed by atoms with Crippen LogP contribution in [0.25, 0.3) is 0 Å². The fraction of sp³-hybridized carbons (Fsp3) is 0.667. The SMILES string of the molecule is CN(C)C(=O)OC1[CH]C1. The molecule has 1 unspecified atom stereocenters. The lowest BCUT2D eigenvalue weighted by Crippen LogP contribution is -2.23. The second kappa shape index (κ2) is 2.25. The van der Waals surface area contributed by atoms with Gasteiger partial charge in [0.25, 0.3) is 0 Å². The van der Waals surface area contributed by atoms with Crippen molar-refractivity contribution in [2.24, 2.45) is 0 Å². The lowest BCUT2D eigenvalue weighted by molar-refractivity contribution is 0.115. The quantitative estimate of drug-likeness (QED) is 0.519. The van der Waals surface area contributed by atoms with Crippen molar-refractivity contribution < 1.29 is 9.53 Å². The van der Waals surface area contributed by atoms with Gasteiger partial charge >= 0.3 is 6.09 Å². The molecule has 9 heavy (non-hydrogen) atoms. The van der Waals surface area contributed by atoms with Crippen molar-refractivity contribution in [3.05, 3.63) is 6.42 Å². The minimum Gasteiger partial charge on any atom is -0.446 e. The molecule has 0 aromatic rings. The van der Waals surface area contributed by atoms with Gasteiger partial charge in [-0.1, -0.05) is 0 Å². The first kappa shape index (κ1) is 6.39. The minimum absolute atomic E-state index is 0.0971. The molecule has 0 aliphatic heterocycles. The predicted molar refractivity (Wildman–Crippen MR) is 32.9 cm³/mol. The molecule has 1 fully saturated rings. The Labute approximate surface area is 54.6 Å². The molecule has 1 atom stereocenters. The Morgan fingerprint density at radius 3 is 2.67 bits per heavy atom. The standard InChI is InChI=1S/C6H10NO2/c1-7(2)6(8)9-5-3-4-5/h3,5H,4H2,1-2H3. The first-order chi connectivity index (χ1) is 4.20. The Morgan fingerprint density at radius 1 is 1.78 bits per heavy atom. The summed E-state index contributed by atoms with van der Waals surface area (Å²) in [4.78, 5) is 12.1. The third-order valence-electron chi connectivity index (χ3n) is 1.05. The zero-order chi connectivity index (χ0) is 6.85. The van der Waals surface area contributed by atoms with E-state index < -0.39 is 0 Å². The molecule has 51 valence electrons. The third-order valence-corrected chi connectivity index (χ3v) is 1.05. The van der Waals surface area contributed by atoms with Crippen molar-refractivity contribution in [1.29, 1.82) is 0 Å². The molecule has 1 amide bonds. The summed E-state index contributed by atoms with van der Waals surface area (Å²) in [6, 6.07) is 0. The molecule has 0 heterocycles. The number of carbonyl (C=O) groups is 1. The minimum atomic E-state index is -0.256. The van der Waals surface area contributed by atoms with Gasteiger partial charge in [0.2, 0.25) is 0 Å². The zero-order valence-corrected chi connectivity index (χ0v) is 5.63. The van der Waals surface area contributed by atoms with Crippen LogP contribution in [0.2, 0.25) is 0 Å². The van der Waals surface area contributed by atoms with E-state index in [1.807, 2.05) is 6.42 Å². The highest BCUT2D eigenvalue weighted by atomic mass is 16.6. The van der Waals surface area contributed by atoms with E-state index >= 15 is 0 Å². The van der Waals surface area contributed by atoms with Crippen molar-refractivity contribution in [3.8, 4) is 0 Å². The van der Waals surface area contributed by atoms with E-state index in [1.165, 1.54) is 4.90 Å². The van der Waals surface area contributed by atoms with Gasteiger partial charge in [0, 0.05) is 20.5 Å². The van der Waals surface area contributed by atoms with Crippen molar-refractivity contribution in [1.82, 2.24) is 4.90 Å². The molecule has 0 aromatic carbocycles. The van der Waals surface area contributed by atoms with Gasteiger partial charge in [0.15, 0.2) is 0 Å². The van der Waals surface area contributed by atoms with Gasteiger partial charge in [0.05, 0.1) is 0 Å². The second-order valence-corrected chi connectivity index (χ2v) is 2.29. The highest BCUT2D eigenvalue weighted by molar-refractivity contribution is 5.67. The maximum absolute atomic E-state index is 10.7. The maximum Gasteiger partial charge on any atom is 0.409 e. The second-order valence-electron chi connectivity index (χ2n) is 2.29. The fourth-order valence-electron chi connectivity index (χ4n) is 0.387. The van der Waals surface area contributed by atoms with Gasteiger partial charge in [-0.25, -0.2) is 4.79 Å². The van der Waals surface area contributed by atoms with Crippen LogP contribution in [0, 0.1) is 6.42 Å². The summed E-state index contributed by atoms with van der Waals surface area (Å²) in [6.45, 7) is 0. The molecular formula is C6H10NO2. The normalized spacial score (nSPS) is 17.1. The first-order valence-corrected chi connectivity index (χ1v) is 2.91. The van der Waals surface area contributed by atoms with Crippen LogP contribution < -0.4 is 0 Å². The summed E-state index contributed by atoms with van der Waals surface area (Å²) in [6.07, 6.45) is 2.70. The fourth-order valence-corrected chi connectivity index (χ4v) is 0.387. The summed E-state index contributed by atoms with van der Waals surface area (Å²) in [5.74, 6) is 0. The lowest BCUT2D eigenvalue weighted by atomic mass is 10.8. The van der Waals surface area contributed by atoms with E-state index in [0.29, 0.717) is 0 Å². The molecule has 0 N–H and O–H groups in total. The van der Waals surface area contributed by atoms with Gasteiger partial charge in [-0.3, -0.25) is 0 Å². The number of nitrogens with zero attached hydrogens (tertiary/aromatic N) is 1. The van der Waals surface area contributed by atoms with Gasteiger partial charge in [-0.15, -0.1) is 0 Å². The van der Waals surface area contributed by atoms with E-state index in [9.17, 15) is 4.79 Å². The Hall–Kier alpha value is -0.730. The van der Waals surface area contributed by atoms with Crippen LogP contribution in [0.5, 0.6) is 0 Å². The number of ether oxygens (including phenoxy) is 1. The molecule has 0 spiro atoms. The first-order valence-electron chi connectivity index (χ1n) is 2.91. The Kier molecular flexibility index (Phi) is 1.60. The molecule has 0 aromatic heterocycles. The molecule has 1 radical (unpaired) electrons. The van der Waals surface area contributed by atoms with Crippen LogP contribution in [0.4, 0.5) is 4.79 Å². The molecule has 0 bridgehead atoms. The van der Waals surface area contributed by atoms with E-state index in [2.05, 4.69) is 0 Å². The average Bonchev–Trinajstić information content (AvgIpc) is 2.50. The highest BCUT2D eigenvalue weighted by Gasteiger charge is 2.26. The van der Waals surface area contributed by atoms with Crippen LogP contribution in [0.3, 0.4) is 0 Å². The van der Waals surface area contributed by atoms with E-state index in [1.54, 1.807) is 14.1 Å². The summed E-state index contributed by atoms with van der Waals surface area (Å²) in [5.41, 5.74) is 0. The monoisotopic (exact) mass is 128 g/mol. The Balaban J connectivity index is 2.17. The molecule has 1 aliphatic carbocycles. The van der Waals surface area contributed by atoms with Crippen LogP contribution >= 0.6 is 0 Å². The molecular weight excluding hydrogens is 118 g/mol. The zero-order valence-electron chi connectivity index (χ0n) is 5.63. The number of hydrogen-bond acceptors (Lipinski definition) is 2. The molecule has 1 saturated carbocycles. The van der Waals surface area contributed by atoms with E-state index in [4.69, 9.17) is 4.74 Å². The molecule has 1 aliphatic rings. The van der Waals surface area contributed by atoms with E-state index in [-0.39, 0.29) is 12.2 Å². The van der Waals surface area contributed by atoms with Gasteiger partial charge in [-0.2, -0.15) is 0 Å². The lowest BCUT2D eigenvalue weighted by Gasteiger charge is -2.09. The van der Waals surface area contributed by atoms with Gasteiger partial charge in [-0.05, 0) is 6.42 Å². The Morgan fingerprint density at radius 2 is 2.33 bits per heavy atom. The van der Waals surface area contributed by atoms with Crippen LogP contribution in [0.15, 0.2) is 0 Å². The van der Waals surface area contributed by atoms with Crippen molar-refractivity contribution >= 4 is 6.09 Å². The molecule has 3 nitrogen and oxygen atoms in total. The van der Waals surface area contributed by atoms with Crippen molar-refractivity contribution in [2.75, 3.05) is 14.1 Å². The van der Waals surface area contributed by atoms with E-state index in [0.717, 1.165) is 6.42 Å². The molecule has 0 saturated heterocycles. The summed E-state index contributed by atoms with van der Waals surface area (Å²) < 4.78 is 4.85. The van der Waals surface area contributed by atoms with Gasteiger partial charge in [0.1, 0.15) is 6.10 Å². The molecule has 1 rings (SSSR count). The van der Waals surface area contributed by atoms with Crippen LogP contribution in [0.1, 0.15) is 6.42 Å². The summed E-state index contributed by atoms with van der Waals surface area (Å²) >= 11 is 0. The molecule has 3 heteroatoms. The predicted octanol–water partition coefficient (Wildman–Crippen LogP) is 0.661. The maximum atomic E-state index is 10.7. The summed E-state index contributed by atoms with van der Waals surface area (Å²) in [7, 11) is 3.34. The topological polar surface area (TPSA) is 29.5 Å². The van der Waals surface area contributed by atoms with Crippen molar-refractivity contribution in [2.45, 2.75) is 12.5 Å². The third kappa shape index (κ3) is 1.91. The highest BCUT2D eigenvalue weighted by Crippen LogP contribution is 2.22. The van der Waals surface area contributed by atoms with Crippen LogP contribution in [-0.4, -0.2) is 31.2 Å². The van der Waals surface area contributed by atoms with Gasteiger partial charge < -0.3 is 9.64 Å². The number of rotatable bonds is 1.